The summed E-state index contributed by atoms with van der Waals surface area (Å²) in [5.74, 6) is 0.218. The van der Waals surface area contributed by atoms with E-state index in [0.29, 0.717) is 19.4 Å². The van der Waals surface area contributed by atoms with Gasteiger partial charge in [-0.1, -0.05) is 18.2 Å². The van der Waals surface area contributed by atoms with Crippen molar-refractivity contribution in [2.45, 2.75) is 18.9 Å². The fraction of sp³-hybridized carbons (Fsp3) is 0.375. The molecule has 3 rings (SSSR count). The van der Waals surface area contributed by atoms with E-state index in [0.717, 1.165) is 29.6 Å². The van der Waals surface area contributed by atoms with Crippen molar-refractivity contribution in [3.05, 3.63) is 42.1 Å². The van der Waals surface area contributed by atoms with Gasteiger partial charge >= 0.3 is 0 Å². The number of Topliss-reactive ketones (excluding diaryl/α,β-unsaturated/α-hetero) is 1. The van der Waals surface area contributed by atoms with Crippen molar-refractivity contribution < 1.29 is 9.53 Å². The first kappa shape index (κ1) is 13.2. The Morgan fingerprint density at radius 1 is 1.35 bits per heavy atom. The van der Waals surface area contributed by atoms with E-state index in [2.05, 4.69) is 10.3 Å². The molecule has 0 aliphatic carbocycles. The second-order valence-electron chi connectivity index (χ2n) is 5.10. The Kier molecular flexibility index (Phi) is 4.04. The lowest BCUT2D eigenvalue weighted by Gasteiger charge is -2.23. The molecule has 104 valence electrons. The summed E-state index contributed by atoms with van der Waals surface area (Å²) in [6.45, 7) is 2.33. The molecule has 0 amide bonds. The van der Waals surface area contributed by atoms with Gasteiger partial charge in [-0.15, -0.1) is 0 Å². The van der Waals surface area contributed by atoms with Gasteiger partial charge in [0.2, 0.25) is 0 Å². The smallest absolute Gasteiger partial charge is 0.139 e. The first-order valence-electron chi connectivity index (χ1n) is 6.99. The van der Waals surface area contributed by atoms with Gasteiger partial charge in [-0.25, -0.2) is 0 Å². The van der Waals surface area contributed by atoms with Crippen LogP contribution in [0.5, 0.6) is 0 Å². The van der Waals surface area contributed by atoms with Crippen molar-refractivity contribution in [2.75, 3.05) is 19.7 Å². The SMILES string of the molecule is O=C(Cc1ccnc2ccccc12)CC1CNCCO1. The van der Waals surface area contributed by atoms with Crippen LogP contribution in [-0.4, -0.2) is 36.6 Å². The highest BCUT2D eigenvalue weighted by Gasteiger charge is 2.18. The van der Waals surface area contributed by atoms with E-state index in [1.54, 1.807) is 6.20 Å². The summed E-state index contributed by atoms with van der Waals surface area (Å²) >= 11 is 0. The minimum Gasteiger partial charge on any atom is -0.375 e. The Morgan fingerprint density at radius 3 is 3.10 bits per heavy atom. The molecule has 0 saturated carbocycles. The fourth-order valence-electron chi connectivity index (χ4n) is 2.60. The van der Waals surface area contributed by atoms with Gasteiger partial charge in [-0.05, 0) is 17.7 Å². The normalized spacial score (nSPS) is 19.1. The van der Waals surface area contributed by atoms with Crippen LogP contribution >= 0.6 is 0 Å². The van der Waals surface area contributed by atoms with Crippen LogP contribution in [0.25, 0.3) is 10.9 Å². The predicted octanol–water partition coefficient (Wildman–Crippen LogP) is 1.72. The molecule has 1 atom stereocenters. The van der Waals surface area contributed by atoms with Gasteiger partial charge < -0.3 is 10.1 Å². The highest BCUT2D eigenvalue weighted by atomic mass is 16.5. The van der Waals surface area contributed by atoms with Crippen LogP contribution < -0.4 is 5.32 Å². The lowest BCUT2D eigenvalue weighted by molar-refractivity contribution is -0.121. The predicted molar refractivity (Wildman–Crippen MR) is 77.7 cm³/mol. The summed E-state index contributed by atoms with van der Waals surface area (Å²) in [5, 5.41) is 4.31. The molecule has 20 heavy (non-hydrogen) atoms. The summed E-state index contributed by atoms with van der Waals surface area (Å²) in [6.07, 6.45) is 2.71. The van der Waals surface area contributed by atoms with E-state index in [9.17, 15) is 4.79 Å². The third-order valence-corrected chi connectivity index (χ3v) is 3.59. The topological polar surface area (TPSA) is 51.2 Å². The monoisotopic (exact) mass is 270 g/mol. The molecular formula is C16H18N2O2. The third kappa shape index (κ3) is 3.03. The largest absolute Gasteiger partial charge is 0.375 e. The highest BCUT2D eigenvalue weighted by molar-refractivity contribution is 5.89. The van der Waals surface area contributed by atoms with E-state index in [1.165, 1.54) is 0 Å². The summed E-state index contributed by atoms with van der Waals surface area (Å²) in [5.41, 5.74) is 1.98. The molecule has 1 unspecified atom stereocenters. The standard InChI is InChI=1S/C16H18N2O2/c19-13(10-14-11-17-7-8-20-14)9-12-5-6-18-16-4-2-1-3-15(12)16/h1-6,14,17H,7-11H2. The van der Waals surface area contributed by atoms with Crippen LogP contribution in [-0.2, 0) is 16.0 Å². The first-order chi connectivity index (χ1) is 9.83. The van der Waals surface area contributed by atoms with Gasteiger partial charge in [0.15, 0.2) is 0 Å². The van der Waals surface area contributed by atoms with Gasteiger partial charge in [0, 0.05) is 37.5 Å². The van der Waals surface area contributed by atoms with E-state index < -0.39 is 0 Å². The highest BCUT2D eigenvalue weighted by Crippen LogP contribution is 2.17. The molecule has 1 aromatic carbocycles. The molecule has 2 aromatic rings. The van der Waals surface area contributed by atoms with E-state index in [-0.39, 0.29) is 11.9 Å². The fourth-order valence-corrected chi connectivity index (χ4v) is 2.60. The molecule has 4 nitrogen and oxygen atoms in total. The van der Waals surface area contributed by atoms with Crippen molar-refractivity contribution in [1.82, 2.24) is 10.3 Å². The van der Waals surface area contributed by atoms with Crippen LogP contribution in [0.15, 0.2) is 36.5 Å². The number of ketones is 1. The molecule has 1 saturated heterocycles. The number of morpholine rings is 1. The number of aromatic nitrogens is 1. The molecule has 2 heterocycles. The number of carbonyl (C=O) groups excluding carboxylic acids is 1. The minimum atomic E-state index is 0.0179. The number of ether oxygens (including phenoxy) is 1. The van der Waals surface area contributed by atoms with Crippen LogP contribution in [0.1, 0.15) is 12.0 Å². The Morgan fingerprint density at radius 2 is 2.25 bits per heavy atom. The Bertz CT molecular complexity index is 601. The van der Waals surface area contributed by atoms with E-state index in [1.807, 2.05) is 30.3 Å². The average molecular weight is 270 g/mol. The van der Waals surface area contributed by atoms with Gasteiger partial charge in [0.25, 0.3) is 0 Å². The maximum atomic E-state index is 12.2. The summed E-state index contributed by atoms with van der Waals surface area (Å²) in [4.78, 5) is 16.5. The van der Waals surface area contributed by atoms with Gasteiger partial charge in [0.05, 0.1) is 18.2 Å². The number of carbonyl (C=O) groups is 1. The number of nitrogens with zero attached hydrogens (tertiary/aromatic N) is 1. The molecule has 1 fully saturated rings. The number of nitrogens with one attached hydrogen (secondary N) is 1. The lowest BCUT2D eigenvalue weighted by atomic mass is 10.0. The molecule has 4 heteroatoms. The number of para-hydroxylation sites is 1. The van der Waals surface area contributed by atoms with Crippen molar-refractivity contribution in [3.8, 4) is 0 Å². The molecule has 1 aliphatic heterocycles. The lowest BCUT2D eigenvalue weighted by Crippen LogP contribution is -2.39. The third-order valence-electron chi connectivity index (χ3n) is 3.59. The molecule has 1 aromatic heterocycles. The summed E-state index contributed by atoms with van der Waals surface area (Å²) in [6, 6.07) is 9.86. The number of hydrogen-bond acceptors (Lipinski definition) is 4. The summed E-state index contributed by atoms with van der Waals surface area (Å²) < 4.78 is 5.58. The van der Waals surface area contributed by atoms with Crippen LogP contribution in [0.3, 0.4) is 0 Å². The van der Waals surface area contributed by atoms with Gasteiger partial charge in [0.1, 0.15) is 5.78 Å². The molecule has 0 spiro atoms. The number of rotatable bonds is 4. The van der Waals surface area contributed by atoms with Crippen LogP contribution in [0.2, 0.25) is 0 Å². The Balaban J connectivity index is 1.71. The average Bonchev–Trinajstić information content (AvgIpc) is 2.48. The zero-order chi connectivity index (χ0) is 13.8. The number of pyridine rings is 1. The maximum absolute atomic E-state index is 12.2. The van der Waals surface area contributed by atoms with Crippen LogP contribution in [0, 0.1) is 0 Å². The van der Waals surface area contributed by atoms with Gasteiger partial charge in [-0.3, -0.25) is 9.78 Å². The molecule has 0 bridgehead atoms. The van der Waals surface area contributed by atoms with E-state index in [4.69, 9.17) is 4.74 Å². The second kappa shape index (κ2) is 6.11. The van der Waals surface area contributed by atoms with Crippen molar-refractivity contribution in [3.63, 3.8) is 0 Å². The van der Waals surface area contributed by atoms with Crippen LogP contribution in [0.4, 0.5) is 0 Å². The van der Waals surface area contributed by atoms with Crippen molar-refractivity contribution >= 4 is 16.7 Å². The maximum Gasteiger partial charge on any atom is 0.139 e. The molecule has 0 radical (unpaired) electrons. The number of hydrogen-bond donors (Lipinski definition) is 1. The Labute approximate surface area is 118 Å². The number of benzene rings is 1. The zero-order valence-corrected chi connectivity index (χ0v) is 11.3. The zero-order valence-electron chi connectivity index (χ0n) is 11.3. The minimum absolute atomic E-state index is 0.0179. The quantitative estimate of drug-likeness (QED) is 0.919. The van der Waals surface area contributed by atoms with Crippen molar-refractivity contribution in [1.29, 1.82) is 0 Å². The summed E-state index contributed by atoms with van der Waals surface area (Å²) in [7, 11) is 0. The first-order valence-corrected chi connectivity index (χ1v) is 6.99. The number of fused-ring (bicyclic) bond motifs is 1. The molecular weight excluding hydrogens is 252 g/mol. The van der Waals surface area contributed by atoms with E-state index >= 15 is 0 Å². The molecule has 1 aliphatic rings. The molecule has 1 N–H and O–H groups in total. The van der Waals surface area contributed by atoms with Gasteiger partial charge in [-0.2, -0.15) is 0 Å². The van der Waals surface area contributed by atoms with Crippen molar-refractivity contribution in [2.24, 2.45) is 0 Å². The second-order valence-corrected chi connectivity index (χ2v) is 5.10. The Hall–Kier alpha value is -1.78.